The van der Waals surface area contributed by atoms with Crippen LogP contribution in [0.15, 0.2) is 54.6 Å². The first-order valence-electron chi connectivity index (χ1n) is 10.5. The summed E-state index contributed by atoms with van der Waals surface area (Å²) in [6.45, 7) is 4.84. The Bertz CT molecular complexity index is 707. The first kappa shape index (κ1) is 20.6. The average Bonchev–Trinajstić information content (AvgIpc) is 2.74. The molecule has 0 bridgehead atoms. The summed E-state index contributed by atoms with van der Waals surface area (Å²) in [5.41, 5.74) is 3.51. The average molecular weight is 382 g/mol. The van der Waals surface area contributed by atoms with Crippen LogP contribution in [-0.4, -0.2) is 39.3 Å². The summed E-state index contributed by atoms with van der Waals surface area (Å²) in [6.07, 6.45) is 4.64. The summed E-state index contributed by atoms with van der Waals surface area (Å²) in [5, 5.41) is 2.94. The van der Waals surface area contributed by atoms with Crippen LogP contribution in [0.2, 0.25) is 0 Å². The molecule has 1 heterocycles. The van der Waals surface area contributed by atoms with Crippen LogP contribution in [0.1, 0.15) is 40.7 Å². The standard InChI is InChI=1S/C24H32N2O2/c1-28-17-5-14-25-24(27)23-10-8-22(9-11-23)19-26-15-12-21(13-16-26)18-20-6-3-2-4-7-20/h2-4,6-11,21H,5,12-19H2,1H3,(H,25,27)/p+1. The SMILES string of the molecule is COCCCNC(=O)c1ccc(C[NH+]2CCC(Cc3ccccc3)CC2)cc1. The summed E-state index contributed by atoms with van der Waals surface area (Å²) in [5.74, 6) is 0.812. The molecule has 0 radical (unpaired) electrons. The molecular formula is C24H33N2O2+. The monoisotopic (exact) mass is 381 g/mol. The maximum Gasteiger partial charge on any atom is 0.251 e. The Morgan fingerprint density at radius 2 is 1.75 bits per heavy atom. The van der Waals surface area contributed by atoms with Gasteiger partial charge < -0.3 is 15.0 Å². The molecule has 4 nitrogen and oxygen atoms in total. The smallest absolute Gasteiger partial charge is 0.251 e. The fourth-order valence-corrected chi connectivity index (χ4v) is 4.00. The Morgan fingerprint density at radius 3 is 2.43 bits per heavy atom. The molecule has 1 amide bonds. The zero-order chi connectivity index (χ0) is 19.6. The Hall–Kier alpha value is -2.17. The Morgan fingerprint density at radius 1 is 1.04 bits per heavy atom. The quantitative estimate of drug-likeness (QED) is 0.656. The van der Waals surface area contributed by atoms with E-state index in [1.807, 2.05) is 12.1 Å². The van der Waals surface area contributed by atoms with Crippen molar-refractivity contribution < 1.29 is 14.4 Å². The van der Waals surface area contributed by atoms with Crippen molar-refractivity contribution >= 4 is 5.91 Å². The van der Waals surface area contributed by atoms with Gasteiger partial charge in [-0.3, -0.25) is 4.79 Å². The van der Waals surface area contributed by atoms with Crippen LogP contribution in [0.5, 0.6) is 0 Å². The lowest BCUT2D eigenvalue weighted by Gasteiger charge is -2.29. The molecule has 2 N–H and O–H groups in total. The van der Waals surface area contributed by atoms with Gasteiger partial charge >= 0.3 is 0 Å². The van der Waals surface area contributed by atoms with Gasteiger partial charge in [-0.15, -0.1) is 0 Å². The van der Waals surface area contributed by atoms with E-state index in [9.17, 15) is 4.79 Å². The number of piperidine rings is 1. The third-order valence-corrected chi connectivity index (χ3v) is 5.66. The second-order valence-electron chi connectivity index (χ2n) is 7.86. The van der Waals surface area contributed by atoms with Gasteiger partial charge in [0.15, 0.2) is 0 Å². The van der Waals surface area contributed by atoms with Gasteiger partial charge in [0.1, 0.15) is 6.54 Å². The lowest BCUT2D eigenvalue weighted by Crippen LogP contribution is -3.11. The lowest BCUT2D eigenvalue weighted by atomic mass is 9.90. The molecule has 0 aromatic heterocycles. The second kappa shape index (κ2) is 11.0. The van der Waals surface area contributed by atoms with Crippen molar-refractivity contribution in [3.8, 4) is 0 Å². The highest BCUT2D eigenvalue weighted by Crippen LogP contribution is 2.16. The van der Waals surface area contributed by atoms with E-state index in [4.69, 9.17) is 4.74 Å². The number of rotatable bonds is 9. The number of benzene rings is 2. The zero-order valence-electron chi connectivity index (χ0n) is 17.0. The lowest BCUT2D eigenvalue weighted by molar-refractivity contribution is -0.919. The topological polar surface area (TPSA) is 42.8 Å². The van der Waals surface area contributed by atoms with Gasteiger partial charge in [0.2, 0.25) is 0 Å². The van der Waals surface area contributed by atoms with E-state index in [2.05, 4.69) is 47.8 Å². The highest BCUT2D eigenvalue weighted by molar-refractivity contribution is 5.94. The van der Waals surface area contributed by atoms with Gasteiger partial charge in [-0.1, -0.05) is 42.5 Å². The largest absolute Gasteiger partial charge is 0.385 e. The van der Waals surface area contributed by atoms with Crippen LogP contribution in [0, 0.1) is 5.92 Å². The van der Waals surface area contributed by atoms with E-state index in [1.54, 1.807) is 12.0 Å². The molecule has 1 aliphatic heterocycles. The fourth-order valence-electron chi connectivity index (χ4n) is 4.00. The van der Waals surface area contributed by atoms with Gasteiger partial charge in [-0.2, -0.15) is 0 Å². The number of methoxy groups -OCH3 is 1. The molecule has 0 spiro atoms. The molecule has 150 valence electrons. The number of carbonyl (C=O) groups excluding carboxylic acids is 1. The van der Waals surface area contributed by atoms with Crippen molar-refractivity contribution in [2.75, 3.05) is 33.4 Å². The molecule has 0 unspecified atom stereocenters. The summed E-state index contributed by atoms with van der Waals surface area (Å²) in [4.78, 5) is 13.8. The van der Waals surface area contributed by atoms with E-state index in [1.165, 1.54) is 43.5 Å². The minimum Gasteiger partial charge on any atom is -0.385 e. The molecule has 0 aliphatic carbocycles. The fraction of sp³-hybridized carbons (Fsp3) is 0.458. The number of nitrogens with one attached hydrogen (secondary N) is 2. The van der Waals surface area contributed by atoms with Crippen LogP contribution in [0.4, 0.5) is 0 Å². The van der Waals surface area contributed by atoms with E-state index >= 15 is 0 Å². The summed E-state index contributed by atoms with van der Waals surface area (Å²) < 4.78 is 5.00. The number of hydrogen-bond donors (Lipinski definition) is 2. The van der Waals surface area contributed by atoms with Crippen LogP contribution in [0.25, 0.3) is 0 Å². The number of carbonyl (C=O) groups is 1. The highest BCUT2D eigenvalue weighted by Gasteiger charge is 2.22. The van der Waals surface area contributed by atoms with E-state index in [0.29, 0.717) is 13.2 Å². The van der Waals surface area contributed by atoms with Gasteiger partial charge in [-0.25, -0.2) is 0 Å². The van der Waals surface area contributed by atoms with Crippen molar-refractivity contribution in [2.45, 2.75) is 32.2 Å². The third kappa shape index (κ3) is 6.47. The van der Waals surface area contributed by atoms with E-state index in [-0.39, 0.29) is 5.91 Å². The Kier molecular flexibility index (Phi) is 8.07. The molecule has 0 saturated carbocycles. The third-order valence-electron chi connectivity index (χ3n) is 5.66. The Balaban J connectivity index is 1.40. The number of amides is 1. The van der Waals surface area contributed by atoms with Crippen LogP contribution in [-0.2, 0) is 17.7 Å². The number of likely N-dealkylation sites (tertiary alicyclic amines) is 1. The maximum absolute atomic E-state index is 12.1. The molecular weight excluding hydrogens is 348 g/mol. The van der Waals surface area contributed by atoms with Crippen molar-refractivity contribution in [1.82, 2.24) is 5.32 Å². The normalized spacial score (nSPS) is 19.3. The number of hydrogen-bond acceptors (Lipinski definition) is 2. The first-order valence-corrected chi connectivity index (χ1v) is 10.5. The molecule has 1 saturated heterocycles. The van der Waals surface area contributed by atoms with Crippen molar-refractivity contribution in [3.63, 3.8) is 0 Å². The molecule has 1 fully saturated rings. The Labute approximate surface area is 168 Å². The van der Waals surface area contributed by atoms with Gasteiger partial charge in [0, 0.05) is 31.4 Å². The van der Waals surface area contributed by atoms with E-state index in [0.717, 1.165) is 24.4 Å². The highest BCUT2D eigenvalue weighted by atomic mass is 16.5. The number of ether oxygens (including phenoxy) is 1. The van der Waals surface area contributed by atoms with Gasteiger partial charge in [0.05, 0.1) is 13.1 Å². The molecule has 2 aromatic rings. The van der Waals surface area contributed by atoms with Gasteiger partial charge in [0.25, 0.3) is 5.91 Å². The van der Waals surface area contributed by atoms with Crippen LogP contribution >= 0.6 is 0 Å². The molecule has 1 aliphatic rings. The van der Waals surface area contributed by atoms with Crippen molar-refractivity contribution in [2.24, 2.45) is 5.92 Å². The van der Waals surface area contributed by atoms with E-state index < -0.39 is 0 Å². The molecule has 3 rings (SSSR count). The summed E-state index contributed by atoms with van der Waals surface area (Å²) in [7, 11) is 1.67. The van der Waals surface area contributed by atoms with Crippen molar-refractivity contribution in [1.29, 1.82) is 0 Å². The number of quaternary nitrogens is 1. The predicted octanol–water partition coefficient (Wildman–Crippen LogP) is 2.49. The predicted molar refractivity (Wildman–Crippen MR) is 113 cm³/mol. The summed E-state index contributed by atoms with van der Waals surface area (Å²) >= 11 is 0. The first-order chi connectivity index (χ1) is 13.7. The zero-order valence-corrected chi connectivity index (χ0v) is 17.0. The molecule has 0 atom stereocenters. The molecule has 2 aromatic carbocycles. The minimum absolute atomic E-state index is 0.00303. The minimum atomic E-state index is -0.00303. The molecule has 4 heteroatoms. The summed E-state index contributed by atoms with van der Waals surface area (Å²) in [6, 6.07) is 19.0. The van der Waals surface area contributed by atoms with Crippen LogP contribution < -0.4 is 10.2 Å². The van der Waals surface area contributed by atoms with Crippen LogP contribution in [0.3, 0.4) is 0 Å². The van der Waals surface area contributed by atoms with Gasteiger partial charge in [-0.05, 0) is 49.3 Å². The molecule has 28 heavy (non-hydrogen) atoms. The maximum atomic E-state index is 12.1. The van der Waals surface area contributed by atoms with Crippen molar-refractivity contribution in [3.05, 3.63) is 71.3 Å². The second-order valence-corrected chi connectivity index (χ2v) is 7.86.